The Morgan fingerprint density at radius 2 is 1.38 bits per heavy atom. The maximum Gasteiger partial charge on any atom is 0.228 e. The van der Waals surface area contributed by atoms with Crippen LogP contribution in [0.1, 0.15) is 35.1 Å². The molecule has 1 aliphatic heterocycles. The summed E-state index contributed by atoms with van der Waals surface area (Å²) in [7, 11) is 2.08. The Balaban J connectivity index is 1.52. The van der Waals surface area contributed by atoms with Gasteiger partial charge in [-0.05, 0) is 85.9 Å². The average Bonchev–Trinajstić information content (AvgIpc) is 3.46. The quantitative estimate of drug-likeness (QED) is 0.177. The minimum absolute atomic E-state index is 0.0560. The molecule has 1 N–H and O–H groups in total. The molecular formula is C40H36ClFN4O. The number of hydrogen-bond donors (Lipinski definition) is 1. The van der Waals surface area contributed by atoms with E-state index in [4.69, 9.17) is 16.7 Å². The van der Waals surface area contributed by atoms with Crippen LogP contribution in [0.5, 0.6) is 0 Å². The molecule has 1 saturated heterocycles. The van der Waals surface area contributed by atoms with E-state index in [1.165, 1.54) is 6.07 Å². The highest BCUT2D eigenvalue weighted by atomic mass is 35.5. The predicted octanol–water partition coefficient (Wildman–Crippen LogP) is 8.92. The van der Waals surface area contributed by atoms with Crippen molar-refractivity contribution < 1.29 is 9.18 Å². The lowest BCUT2D eigenvalue weighted by atomic mass is 9.77. The van der Waals surface area contributed by atoms with Crippen molar-refractivity contribution >= 4 is 34.2 Å². The molecule has 5 nitrogen and oxygen atoms in total. The number of anilines is 1. The molecule has 0 unspecified atom stereocenters. The molecule has 0 radical (unpaired) electrons. The molecule has 47 heavy (non-hydrogen) atoms. The summed E-state index contributed by atoms with van der Waals surface area (Å²) < 4.78 is 17.4. The van der Waals surface area contributed by atoms with Gasteiger partial charge in [0.1, 0.15) is 11.4 Å². The average molecular weight is 643 g/mol. The molecule has 7 heteroatoms. The van der Waals surface area contributed by atoms with Crippen LogP contribution in [0.4, 0.5) is 10.2 Å². The minimum Gasteiger partial charge on any atom is -0.308 e. The van der Waals surface area contributed by atoms with E-state index in [9.17, 15) is 4.79 Å². The molecule has 6 aromatic rings. The molecule has 0 bridgehead atoms. The van der Waals surface area contributed by atoms with Crippen molar-refractivity contribution in [3.8, 4) is 11.1 Å². The van der Waals surface area contributed by atoms with Gasteiger partial charge in [0.2, 0.25) is 5.91 Å². The highest BCUT2D eigenvalue weighted by Crippen LogP contribution is 2.44. The van der Waals surface area contributed by atoms with E-state index in [0.29, 0.717) is 27.4 Å². The number of rotatable bonds is 7. The summed E-state index contributed by atoms with van der Waals surface area (Å²) in [6, 6.07) is 39.8. The number of carbonyl (C=O) groups excluding carboxylic acids is 1. The van der Waals surface area contributed by atoms with Crippen molar-refractivity contribution in [2.45, 2.75) is 25.3 Å². The van der Waals surface area contributed by atoms with E-state index in [-0.39, 0.29) is 11.8 Å². The number of likely N-dealkylation sites (tertiary alicyclic amines) is 1. The fraction of sp³-hybridized carbons (Fsp3) is 0.200. The predicted molar refractivity (Wildman–Crippen MR) is 188 cm³/mol. The van der Waals surface area contributed by atoms with Crippen LogP contribution in [-0.2, 0) is 10.3 Å². The summed E-state index contributed by atoms with van der Waals surface area (Å²) in [6.07, 6.45) is 1.55. The zero-order valence-corrected chi connectivity index (χ0v) is 27.2. The van der Waals surface area contributed by atoms with Gasteiger partial charge in [-0.1, -0.05) is 115 Å². The molecule has 5 aromatic carbocycles. The second-order valence-electron chi connectivity index (χ2n) is 12.4. The van der Waals surface area contributed by atoms with Gasteiger partial charge in [-0.15, -0.1) is 0 Å². The second kappa shape index (κ2) is 12.8. The number of carbonyl (C=O) groups is 1. The number of nitrogens with one attached hydrogen (secondary N) is 1. The van der Waals surface area contributed by atoms with Crippen LogP contribution in [0.2, 0.25) is 5.02 Å². The van der Waals surface area contributed by atoms with Crippen LogP contribution in [0.3, 0.4) is 0 Å². The molecule has 1 aromatic heterocycles. The lowest BCUT2D eigenvalue weighted by Gasteiger charge is -2.37. The fourth-order valence-electron chi connectivity index (χ4n) is 6.94. The topological polar surface area (TPSA) is 50.2 Å². The number of fused-ring (bicyclic) bond motifs is 1. The van der Waals surface area contributed by atoms with E-state index in [1.807, 2.05) is 84.4 Å². The Hall–Kier alpha value is -4.78. The lowest BCUT2D eigenvalue weighted by molar-refractivity contribution is -0.121. The summed E-state index contributed by atoms with van der Waals surface area (Å²) >= 11 is 6.71. The SMILES string of the molecule is Cc1ccc(F)c(-c2ccc3c(c2)c(NC(=O)C2CCN(C)CC2)nn3C(c2ccccc2)(c2ccccc2)c2ccccc2)c1Cl. The van der Waals surface area contributed by atoms with Crippen molar-refractivity contribution in [1.82, 2.24) is 14.7 Å². The van der Waals surface area contributed by atoms with Crippen LogP contribution in [-0.4, -0.2) is 40.7 Å². The van der Waals surface area contributed by atoms with Crippen molar-refractivity contribution in [3.05, 3.63) is 154 Å². The van der Waals surface area contributed by atoms with Crippen molar-refractivity contribution in [3.63, 3.8) is 0 Å². The Labute approximate surface area is 279 Å². The number of halogens is 2. The van der Waals surface area contributed by atoms with Gasteiger partial charge in [-0.2, -0.15) is 5.10 Å². The number of nitrogens with zero attached hydrogens (tertiary/aromatic N) is 3. The van der Waals surface area contributed by atoms with Gasteiger partial charge in [0.05, 0.1) is 10.5 Å². The first-order valence-electron chi connectivity index (χ1n) is 16.0. The lowest BCUT2D eigenvalue weighted by Crippen LogP contribution is -2.39. The maximum atomic E-state index is 15.4. The first-order chi connectivity index (χ1) is 22.9. The summed E-state index contributed by atoms with van der Waals surface area (Å²) in [5.41, 5.74) is 4.62. The molecule has 7 rings (SSSR count). The molecule has 0 saturated carbocycles. The van der Waals surface area contributed by atoms with Crippen molar-refractivity contribution in [2.24, 2.45) is 5.92 Å². The number of aryl methyl sites for hydroxylation is 1. The molecule has 1 aliphatic rings. The molecule has 2 heterocycles. The highest BCUT2D eigenvalue weighted by Gasteiger charge is 2.41. The van der Waals surface area contributed by atoms with Gasteiger partial charge in [0.25, 0.3) is 0 Å². The standard InChI is InChI=1S/C40H36ClFN4O/c1-27-18-20-34(42)36(37(27)41)29-19-21-35-33(26-29)38(43-39(47)28-22-24-45(2)25-23-28)44-46(35)40(30-12-6-3-7-13-30,31-14-8-4-9-15-31)32-16-10-5-11-17-32/h3-21,26,28H,22-25H2,1-2H3,(H,43,44,47). The van der Waals surface area contributed by atoms with Crippen LogP contribution >= 0.6 is 11.6 Å². The molecule has 0 atom stereocenters. The van der Waals surface area contributed by atoms with Crippen LogP contribution < -0.4 is 5.32 Å². The zero-order valence-electron chi connectivity index (χ0n) is 26.5. The van der Waals surface area contributed by atoms with Crippen LogP contribution in [0.25, 0.3) is 22.0 Å². The third kappa shape index (κ3) is 5.52. The van der Waals surface area contributed by atoms with E-state index in [2.05, 4.69) is 53.7 Å². The maximum absolute atomic E-state index is 15.4. The number of hydrogen-bond acceptors (Lipinski definition) is 3. The van der Waals surface area contributed by atoms with Crippen molar-refractivity contribution in [1.29, 1.82) is 0 Å². The molecule has 0 aliphatic carbocycles. The number of piperidine rings is 1. The summed E-state index contributed by atoms with van der Waals surface area (Å²) in [4.78, 5) is 16.1. The van der Waals surface area contributed by atoms with Gasteiger partial charge < -0.3 is 10.2 Å². The zero-order chi connectivity index (χ0) is 32.5. The molecule has 1 fully saturated rings. The smallest absolute Gasteiger partial charge is 0.228 e. The van der Waals surface area contributed by atoms with Crippen LogP contribution in [0.15, 0.2) is 121 Å². The highest BCUT2D eigenvalue weighted by molar-refractivity contribution is 6.34. The summed E-state index contributed by atoms with van der Waals surface area (Å²) in [5, 5.41) is 9.57. The first kappa shape index (κ1) is 30.9. The van der Waals surface area contributed by atoms with Crippen LogP contribution in [0, 0.1) is 18.7 Å². The Kier molecular flexibility index (Phi) is 8.39. The fourth-order valence-corrected chi connectivity index (χ4v) is 7.20. The molecule has 236 valence electrons. The van der Waals surface area contributed by atoms with Crippen molar-refractivity contribution in [2.75, 3.05) is 25.5 Å². The van der Waals surface area contributed by atoms with Gasteiger partial charge >= 0.3 is 0 Å². The Morgan fingerprint density at radius 3 is 1.94 bits per heavy atom. The Morgan fingerprint density at radius 1 is 0.830 bits per heavy atom. The Bertz CT molecular complexity index is 1940. The number of aromatic nitrogens is 2. The normalized spacial score (nSPS) is 14.4. The van der Waals surface area contributed by atoms with E-state index in [0.717, 1.165) is 53.7 Å². The third-order valence-electron chi connectivity index (χ3n) is 9.48. The summed E-state index contributed by atoms with van der Waals surface area (Å²) in [5.74, 6) is -0.154. The van der Waals surface area contributed by atoms with E-state index >= 15 is 4.39 Å². The molecule has 1 amide bonds. The molecular weight excluding hydrogens is 607 g/mol. The monoisotopic (exact) mass is 642 g/mol. The number of benzene rings is 5. The van der Waals surface area contributed by atoms with Gasteiger partial charge in [0, 0.05) is 16.9 Å². The number of amides is 1. The van der Waals surface area contributed by atoms with Gasteiger partial charge in [-0.25, -0.2) is 9.07 Å². The molecule has 0 spiro atoms. The summed E-state index contributed by atoms with van der Waals surface area (Å²) in [6.45, 7) is 3.59. The van der Waals surface area contributed by atoms with Gasteiger partial charge in [0.15, 0.2) is 5.82 Å². The first-order valence-corrected chi connectivity index (χ1v) is 16.4. The van der Waals surface area contributed by atoms with Gasteiger partial charge in [-0.3, -0.25) is 4.79 Å². The largest absolute Gasteiger partial charge is 0.308 e. The minimum atomic E-state index is -0.910. The third-order valence-corrected chi connectivity index (χ3v) is 9.96. The van der Waals surface area contributed by atoms with E-state index in [1.54, 1.807) is 6.07 Å². The van der Waals surface area contributed by atoms with E-state index < -0.39 is 11.4 Å². The second-order valence-corrected chi connectivity index (χ2v) is 12.8.